The lowest BCUT2D eigenvalue weighted by Gasteiger charge is -2.28. The van der Waals surface area contributed by atoms with Gasteiger partial charge in [-0.05, 0) is 36.5 Å². The summed E-state index contributed by atoms with van der Waals surface area (Å²) < 4.78 is 17.8. The maximum absolute atomic E-state index is 13.7. The molecule has 0 saturated carbocycles. The number of aryl methyl sites for hydroxylation is 1. The lowest BCUT2D eigenvalue weighted by atomic mass is 9.88. The number of amides is 1. The summed E-state index contributed by atoms with van der Waals surface area (Å²) in [5.41, 5.74) is 2.67. The van der Waals surface area contributed by atoms with Crippen molar-refractivity contribution in [1.29, 1.82) is 0 Å². The van der Waals surface area contributed by atoms with Crippen LogP contribution in [0.5, 0.6) is 11.5 Å². The second-order valence-corrected chi connectivity index (χ2v) is 9.24. The first-order valence-corrected chi connectivity index (χ1v) is 12.4. The normalized spacial score (nSPS) is 18.0. The Kier molecular flexibility index (Phi) is 7.20. The number of methoxy groups -OCH3 is 2. The lowest BCUT2D eigenvalue weighted by Crippen LogP contribution is -2.40. The lowest BCUT2D eigenvalue weighted by molar-refractivity contribution is -0.122. The smallest absolute Gasteiger partial charge is 0.262 e. The van der Waals surface area contributed by atoms with Gasteiger partial charge in [0.25, 0.3) is 5.56 Å². The van der Waals surface area contributed by atoms with Gasteiger partial charge in [0.2, 0.25) is 5.91 Å². The Hall–Kier alpha value is -3.43. The van der Waals surface area contributed by atoms with Crippen molar-refractivity contribution in [3.63, 3.8) is 0 Å². The van der Waals surface area contributed by atoms with Crippen molar-refractivity contribution < 1.29 is 19.0 Å². The van der Waals surface area contributed by atoms with E-state index in [0.29, 0.717) is 48.0 Å². The van der Waals surface area contributed by atoms with Gasteiger partial charge in [-0.1, -0.05) is 24.3 Å². The van der Waals surface area contributed by atoms with E-state index in [1.54, 1.807) is 19.2 Å². The molecule has 9 nitrogen and oxygen atoms in total. The van der Waals surface area contributed by atoms with Crippen LogP contribution < -0.4 is 20.3 Å². The first-order chi connectivity index (χ1) is 17.6. The van der Waals surface area contributed by atoms with E-state index in [1.807, 2.05) is 12.1 Å². The van der Waals surface area contributed by atoms with Crippen LogP contribution in [0.2, 0.25) is 0 Å². The van der Waals surface area contributed by atoms with Crippen LogP contribution in [0.4, 0.5) is 0 Å². The minimum absolute atomic E-state index is 0.0568. The number of morpholine rings is 1. The summed E-state index contributed by atoms with van der Waals surface area (Å²) in [6, 6.07) is 11.5. The third kappa shape index (κ3) is 4.94. The van der Waals surface area contributed by atoms with Gasteiger partial charge < -0.3 is 19.5 Å². The number of hydrogen-bond donors (Lipinski definition) is 1. The molecule has 0 radical (unpaired) electrons. The van der Waals surface area contributed by atoms with E-state index in [9.17, 15) is 9.59 Å². The standard InChI is InChI=1S/C27H32N4O5/c1-34-23-14-20-22(15-24(23)35-2)28-25(16-30-10-12-36-13-11-30)31(27(20)33)17-26(32)29-21-9-5-7-18-6-3-4-8-19(18)21/h3-4,6,8,14-15,21H,5,7,9-13,16-17H2,1-2H3,(H,29,32). The topological polar surface area (TPSA) is 94.9 Å². The highest BCUT2D eigenvalue weighted by Gasteiger charge is 2.24. The number of fused-ring (bicyclic) bond motifs is 2. The van der Waals surface area contributed by atoms with Crippen LogP contribution in [0.1, 0.15) is 35.8 Å². The molecule has 1 fully saturated rings. The maximum atomic E-state index is 13.7. The van der Waals surface area contributed by atoms with Crippen molar-refractivity contribution in [2.45, 2.75) is 38.4 Å². The molecule has 2 heterocycles. The molecule has 2 aromatic carbocycles. The monoisotopic (exact) mass is 492 g/mol. The number of carbonyl (C=O) groups excluding carboxylic acids is 1. The van der Waals surface area contributed by atoms with Crippen LogP contribution in [0, 0.1) is 0 Å². The molecular formula is C27H32N4O5. The summed E-state index contributed by atoms with van der Waals surface area (Å²) in [5, 5.41) is 3.55. The molecule has 1 atom stereocenters. The zero-order valence-electron chi connectivity index (χ0n) is 20.8. The fourth-order valence-electron chi connectivity index (χ4n) is 5.12. The summed E-state index contributed by atoms with van der Waals surface area (Å²) in [6.45, 7) is 3.08. The van der Waals surface area contributed by atoms with Gasteiger partial charge in [0.1, 0.15) is 12.4 Å². The van der Waals surface area contributed by atoms with Crippen molar-refractivity contribution >= 4 is 16.8 Å². The molecule has 1 aliphatic carbocycles. The average Bonchev–Trinajstić information content (AvgIpc) is 2.91. The van der Waals surface area contributed by atoms with Crippen LogP contribution in [0.3, 0.4) is 0 Å². The van der Waals surface area contributed by atoms with Gasteiger partial charge >= 0.3 is 0 Å². The number of nitrogens with zero attached hydrogens (tertiary/aromatic N) is 3. The van der Waals surface area contributed by atoms with Crippen molar-refractivity contribution in [1.82, 2.24) is 19.8 Å². The van der Waals surface area contributed by atoms with Crippen molar-refractivity contribution in [3.8, 4) is 11.5 Å². The molecule has 190 valence electrons. The van der Waals surface area contributed by atoms with Gasteiger partial charge in [-0.15, -0.1) is 0 Å². The highest BCUT2D eigenvalue weighted by molar-refractivity contribution is 5.83. The SMILES string of the molecule is COc1cc2nc(CN3CCOCC3)n(CC(=O)NC3CCCc4ccccc43)c(=O)c2cc1OC. The van der Waals surface area contributed by atoms with Gasteiger partial charge in [0.05, 0.1) is 50.9 Å². The molecule has 1 N–H and O–H groups in total. The number of ether oxygens (including phenoxy) is 3. The van der Waals surface area contributed by atoms with E-state index in [2.05, 4.69) is 22.3 Å². The van der Waals surface area contributed by atoms with Gasteiger partial charge in [0.15, 0.2) is 11.5 Å². The Morgan fingerprint density at radius 1 is 1.14 bits per heavy atom. The number of aromatic nitrogens is 2. The first kappa shape index (κ1) is 24.3. The summed E-state index contributed by atoms with van der Waals surface area (Å²) >= 11 is 0. The second-order valence-electron chi connectivity index (χ2n) is 9.24. The van der Waals surface area contributed by atoms with Crippen molar-refractivity contribution in [2.75, 3.05) is 40.5 Å². The fraction of sp³-hybridized carbons (Fsp3) is 0.444. The highest BCUT2D eigenvalue weighted by atomic mass is 16.5. The van der Waals surface area contributed by atoms with E-state index < -0.39 is 0 Å². The van der Waals surface area contributed by atoms with Crippen LogP contribution >= 0.6 is 0 Å². The molecule has 9 heteroatoms. The van der Waals surface area contributed by atoms with Crippen LogP contribution in [-0.2, 0) is 29.0 Å². The molecule has 1 aliphatic heterocycles. The quantitative estimate of drug-likeness (QED) is 0.541. The number of rotatable bonds is 7. The summed E-state index contributed by atoms with van der Waals surface area (Å²) in [6.07, 6.45) is 2.92. The van der Waals surface area contributed by atoms with Gasteiger partial charge in [-0.2, -0.15) is 0 Å². The first-order valence-electron chi connectivity index (χ1n) is 12.4. The van der Waals surface area contributed by atoms with Crippen molar-refractivity contribution in [2.24, 2.45) is 0 Å². The minimum Gasteiger partial charge on any atom is -0.493 e. The van der Waals surface area contributed by atoms with E-state index in [0.717, 1.165) is 37.9 Å². The predicted octanol–water partition coefficient (Wildman–Crippen LogP) is 2.44. The van der Waals surface area contributed by atoms with E-state index >= 15 is 0 Å². The molecule has 1 saturated heterocycles. The average molecular weight is 493 g/mol. The molecule has 0 spiro atoms. The molecule has 0 bridgehead atoms. The summed E-state index contributed by atoms with van der Waals surface area (Å²) in [4.78, 5) is 34.0. The van der Waals surface area contributed by atoms with Gasteiger partial charge in [-0.25, -0.2) is 4.98 Å². The van der Waals surface area contributed by atoms with Crippen LogP contribution in [0.25, 0.3) is 10.9 Å². The Labute approximate surface area is 210 Å². The Bertz CT molecular complexity index is 1320. The molecule has 1 aromatic heterocycles. The molecule has 1 amide bonds. The third-order valence-electron chi connectivity index (χ3n) is 7.01. The Balaban J connectivity index is 1.49. The van der Waals surface area contributed by atoms with Crippen LogP contribution in [-0.4, -0.2) is 60.9 Å². The van der Waals surface area contributed by atoms with Crippen molar-refractivity contribution in [3.05, 3.63) is 63.7 Å². The number of nitrogens with one attached hydrogen (secondary N) is 1. The van der Waals surface area contributed by atoms with E-state index in [1.165, 1.54) is 17.2 Å². The maximum Gasteiger partial charge on any atom is 0.262 e. The number of carbonyl (C=O) groups is 1. The fourth-order valence-corrected chi connectivity index (χ4v) is 5.12. The Morgan fingerprint density at radius 2 is 1.89 bits per heavy atom. The minimum atomic E-state index is -0.275. The largest absolute Gasteiger partial charge is 0.493 e. The molecule has 2 aliphatic rings. The highest BCUT2D eigenvalue weighted by Crippen LogP contribution is 2.31. The van der Waals surface area contributed by atoms with E-state index in [-0.39, 0.29) is 24.1 Å². The zero-order valence-corrected chi connectivity index (χ0v) is 20.8. The zero-order chi connectivity index (χ0) is 25.1. The van der Waals surface area contributed by atoms with Gasteiger partial charge in [-0.3, -0.25) is 19.1 Å². The molecular weight excluding hydrogens is 460 g/mol. The number of hydrogen-bond acceptors (Lipinski definition) is 7. The Morgan fingerprint density at radius 3 is 2.67 bits per heavy atom. The molecule has 3 aromatic rings. The molecule has 36 heavy (non-hydrogen) atoms. The molecule has 5 rings (SSSR count). The van der Waals surface area contributed by atoms with Crippen LogP contribution in [0.15, 0.2) is 41.2 Å². The van der Waals surface area contributed by atoms with E-state index in [4.69, 9.17) is 19.2 Å². The third-order valence-corrected chi connectivity index (χ3v) is 7.01. The number of benzene rings is 2. The summed E-state index contributed by atoms with van der Waals surface area (Å²) in [7, 11) is 3.07. The second kappa shape index (κ2) is 10.7. The molecule has 1 unspecified atom stereocenters. The van der Waals surface area contributed by atoms with Gasteiger partial charge in [0, 0.05) is 19.2 Å². The summed E-state index contributed by atoms with van der Waals surface area (Å²) in [5.74, 6) is 1.28. The predicted molar refractivity (Wildman–Crippen MR) is 135 cm³/mol.